The van der Waals surface area contributed by atoms with Gasteiger partial charge in [-0.3, -0.25) is 4.79 Å². The number of amides is 1. The summed E-state index contributed by atoms with van der Waals surface area (Å²) in [5.74, 6) is 1.20. The van der Waals surface area contributed by atoms with Crippen LogP contribution in [0.25, 0.3) is 10.2 Å². The monoisotopic (exact) mass is 468 g/mol. The third-order valence-electron chi connectivity index (χ3n) is 6.58. The van der Waals surface area contributed by atoms with Crippen molar-refractivity contribution in [2.24, 2.45) is 5.73 Å². The zero-order valence-corrected chi connectivity index (χ0v) is 19.7. The Morgan fingerprint density at radius 2 is 2.15 bits per heavy atom. The van der Waals surface area contributed by atoms with Gasteiger partial charge in [0.05, 0.1) is 23.4 Å². The van der Waals surface area contributed by atoms with E-state index in [9.17, 15) is 4.79 Å². The molecule has 5 N–H and O–H groups in total. The van der Waals surface area contributed by atoms with Crippen LogP contribution in [0.15, 0.2) is 24.3 Å². The third-order valence-corrected chi connectivity index (χ3v) is 7.70. The highest BCUT2D eigenvalue weighted by Crippen LogP contribution is 2.34. The molecule has 0 spiro atoms. The van der Waals surface area contributed by atoms with E-state index in [2.05, 4.69) is 15.2 Å². The summed E-state index contributed by atoms with van der Waals surface area (Å²) in [5.41, 5.74) is 14.4. The lowest BCUT2D eigenvalue weighted by Gasteiger charge is -2.27. The maximum Gasteiger partial charge on any atom is 0.263 e. The van der Waals surface area contributed by atoms with Crippen LogP contribution in [-0.2, 0) is 11.2 Å². The van der Waals surface area contributed by atoms with Gasteiger partial charge in [0.15, 0.2) is 0 Å². The number of hydrogen-bond donors (Lipinski definition) is 3. The highest BCUT2D eigenvalue weighted by molar-refractivity contribution is 7.21. The predicted molar refractivity (Wildman–Crippen MR) is 129 cm³/mol. The summed E-state index contributed by atoms with van der Waals surface area (Å²) in [4.78, 5) is 25.5. The van der Waals surface area contributed by atoms with E-state index >= 15 is 0 Å². The Hall–Kier alpha value is -2.95. The number of aryl methyl sites for hydroxylation is 1. The molecule has 2 aliphatic rings. The van der Waals surface area contributed by atoms with Crippen molar-refractivity contribution < 1.29 is 14.3 Å². The van der Waals surface area contributed by atoms with E-state index in [1.165, 1.54) is 11.3 Å². The molecule has 0 aromatic carbocycles. The molecular weight excluding hydrogens is 440 g/mol. The van der Waals surface area contributed by atoms with E-state index in [1.54, 1.807) is 7.11 Å². The number of carbonyl (C=O) groups excluding carboxylic acids is 1. The van der Waals surface area contributed by atoms with Gasteiger partial charge in [-0.25, -0.2) is 4.98 Å². The van der Waals surface area contributed by atoms with Crippen molar-refractivity contribution in [3.05, 3.63) is 40.4 Å². The summed E-state index contributed by atoms with van der Waals surface area (Å²) in [5, 5.41) is 3.86. The average molecular weight is 469 g/mol. The molecule has 0 unspecified atom stereocenters. The quantitative estimate of drug-likeness (QED) is 0.529. The number of hydrogen-bond acceptors (Lipinski definition) is 9. The molecule has 0 saturated carbocycles. The van der Waals surface area contributed by atoms with Gasteiger partial charge in [-0.05, 0) is 38.1 Å². The van der Waals surface area contributed by atoms with Gasteiger partial charge in [0.25, 0.3) is 5.91 Å². The fourth-order valence-corrected chi connectivity index (χ4v) is 5.45. The molecule has 2 aliphatic heterocycles. The summed E-state index contributed by atoms with van der Waals surface area (Å²) in [6.45, 7) is 5.60. The molecule has 10 heteroatoms. The van der Waals surface area contributed by atoms with Gasteiger partial charge in [-0.15, -0.1) is 11.3 Å². The molecule has 1 saturated heterocycles. The van der Waals surface area contributed by atoms with E-state index in [1.807, 2.05) is 38.1 Å². The van der Waals surface area contributed by atoms with Crippen LogP contribution in [-0.4, -0.2) is 60.4 Å². The normalized spacial score (nSPS) is 24.5. The Balaban J connectivity index is 1.28. The average Bonchev–Trinajstić information content (AvgIpc) is 3.29. The lowest BCUT2D eigenvalue weighted by atomic mass is 10.0. The molecule has 3 aromatic heterocycles. The summed E-state index contributed by atoms with van der Waals surface area (Å²) < 4.78 is 11.5. The van der Waals surface area contributed by atoms with Crippen LogP contribution in [0.2, 0.25) is 0 Å². The van der Waals surface area contributed by atoms with Gasteiger partial charge >= 0.3 is 0 Å². The molecule has 0 bridgehead atoms. The fraction of sp³-hybridized carbons (Fsp3) is 0.435. The summed E-state index contributed by atoms with van der Waals surface area (Å²) in [6.07, 6.45) is 0.631. The molecule has 5 heterocycles. The van der Waals surface area contributed by atoms with E-state index in [0.29, 0.717) is 42.6 Å². The minimum atomic E-state index is -0.406. The maximum atomic E-state index is 12.9. The van der Waals surface area contributed by atoms with Crippen molar-refractivity contribution in [2.45, 2.75) is 38.0 Å². The molecule has 1 fully saturated rings. The molecule has 0 aliphatic carbocycles. The second kappa shape index (κ2) is 8.12. The summed E-state index contributed by atoms with van der Waals surface area (Å²) in [7, 11) is 1.69. The van der Waals surface area contributed by atoms with Crippen molar-refractivity contribution in [3.8, 4) is 5.88 Å². The lowest BCUT2D eigenvalue weighted by Crippen LogP contribution is -2.45. The first-order chi connectivity index (χ1) is 15.8. The number of anilines is 2. The Morgan fingerprint density at radius 1 is 1.33 bits per heavy atom. The predicted octanol–water partition coefficient (Wildman–Crippen LogP) is 1.87. The molecule has 1 amide bonds. The van der Waals surface area contributed by atoms with Gasteiger partial charge in [0.1, 0.15) is 22.1 Å². The zero-order chi connectivity index (χ0) is 23.3. The first-order valence-corrected chi connectivity index (χ1v) is 11.7. The van der Waals surface area contributed by atoms with E-state index in [4.69, 9.17) is 25.9 Å². The largest absolute Gasteiger partial charge is 0.475 e. The van der Waals surface area contributed by atoms with Crippen LogP contribution >= 0.6 is 11.3 Å². The second-order valence-electron chi connectivity index (χ2n) is 8.97. The lowest BCUT2D eigenvalue weighted by molar-refractivity contribution is 0.0129. The van der Waals surface area contributed by atoms with Gasteiger partial charge in [-0.1, -0.05) is 0 Å². The smallest absolute Gasteiger partial charge is 0.263 e. The highest BCUT2D eigenvalue weighted by Gasteiger charge is 2.42. The minimum Gasteiger partial charge on any atom is -0.475 e. The van der Waals surface area contributed by atoms with Gasteiger partial charge in [0.2, 0.25) is 5.88 Å². The summed E-state index contributed by atoms with van der Waals surface area (Å²) >= 11 is 1.31. The Bertz CT molecular complexity index is 1230. The van der Waals surface area contributed by atoms with Crippen LogP contribution in [0.3, 0.4) is 0 Å². The van der Waals surface area contributed by atoms with Gasteiger partial charge < -0.3 is 31.2 Å². The van der Waals surface area contributed by atoms with Crippen molar-refractivity contribution in [3.63, 3.8) is 0 Å². The molecule has 0 radical (unpaired) electrons. The van der Waals surface area contributed by atoms with Crippen LogP contribution < -0.4 is 26.4 Å². The Morgan fingerprint density at radius 3 is 2.91 bits per heavy atom. The van der Waals surface area contributed by atoms with Crippen molar-refractivity contribution in [1.82, 2.24) is 15.3 Å². The van der Waals surface area contributed by atoms with Crippen LogP contribution in [0, 0.1) is 6.92 Å². The van der Waals surface area contributed by atoms with Gasteiger partial charge in [-0.2, -0.15) is 4.98 Å². The number of carbonyl (C=O) groups is 1. The number of methoxy groups -OCH3 is 1. The SMILES string of the molecule is CO[C@@]1(C)CN(c2ccc3c(n2)OC[C@H](NC(=O)c2sc4nc(C)ccc4c2N)C3)C[C@@H]1N. The minimum absolute atomic E-state index is 0.0960. The topological polar surface area (TPSA) is 129 Å². The number of fused-ring (bicyclic) bond motifs is 2. The number of ether oxygens (including phenoxy) is 2. The molecule has 33 heavy (non-hydrogen) atoms. The fourth-order valence-electron chi connectivity index (χ4n) is 4.40. The van der Waals surface area contributed by atoms with Gasteiger partial charge in [0, 0.05) is 43.3 Å². The molecule has 3 atom stereocenters. The molecule has 5 rings (SSSR count). The maximum absolute atomic E-state index is 12.9. The third kappa shape index (κ3) is 3.88. The molecule has 174 valence electrons. The van der Waals surface area contributed by atoms with Crippen molar-refractivity contribution in [2.75, 3.05) is 37.4 Å². The van der Waals surface area contributed by atoms with Crippen LogP contribution in [0.1, 0.15) is 27.9 Å². The van der Waals surface area contributed by atoms with Crippen molar-refractivity contribution in [1.29, 1.82) is 0 Å². The number of nitrogens with two attached hydrogens (primary N) is 2. The first-order valence-electron chi connectivity index (χ1n) is 10.9. The molecule has 9 nitrogen and oxygen atoms in total. The molecular formula is C23H28N6O3S. The number of nitrogens with zero attached hydrogens (tertiary/aromatic N) is 3. The Kier molecular flexibility index (Phi) is 5.38. The van der Waals surface area contributed by atoms with E-state index in [0.717, 1.165) is 27.3 Å². The number of rotatable bonds is 4. The first kappa shape index (κ1) is 21.9. The van der Waals surface area contributed by atoms with E-state index in [-0.39, 0.29) is 18.0 Å². The zero-order valence-electron chi connectivity index (χ0n) is 18.9. The second-order valence-corrected chi connectivity index (χ2v) is 9.97. The van der Waals surface area contributed by atoms with Crippen LogP contribution in [0.5, 0.6) is 5.88 Å². The summed E-state index contributed by atoms with van der Waals surface area (Å²) in [6, 6.07) is 7.51. The standard InChI is InChI=1S/C23H28N6O3S/c1-12-4-6-15-18(25)19(33-22(15)26-12)20(30)27-14-8-13-5-7-17(28-21(13)32-10-14)29-9-16(24)23(2,11-29)31-3/h4-7,14,16H,8-11,24-25H2,1-3H3,(H,27,30)/t14-,16+,23+/m1/s1. The van der Waals surface area contributed by atoms with E-state index < -0.39 is 5.60 Å². The van der Waals surface area contributed by atoms with Crippen molar-refractivity contribution >= 4 is 39.0 Å². The number of nitrogens with one attached hydrogen (secondary N) is 1. The number of thiophene rings is 1. The highest BCUT2D eigenvalue weighted by atomic mass is 32.1. The number of nitrogen functional groups attached to an aromatic ring is 1. The Labute approximate surface area is 196 Å². The van der Waals surface area contributed by atoms with Crippen LogP contribution in [0.4, 0.5) is 11.5 Å². The number of pyridine rings is 2. The number of aromatic nitrogens is 2. The molecule has 3 aromatic rings.